The van der Waals surface area contributed by atoms with E-state index in [1.807, 2.05) is 0 Å². The molecule has 0 N–H and O–H groups in total. The van der Waals surface area contributed by atoms with Gasteiger partial charge in [-0.05, 0) is 30.6 Å². The summed E-state index contributed by atoms with van der Waals surface area (Å²) >= 11 is 0. The summed E-state index contributed by atoms with van der Waals surface area (Å²) in [5.74, 6) is 0. The SMILES string of the molecule is CC1=C(C)C[Si](C)(C)C([Si](C)(C)c2ccccc2)([Si](C)(C)c2ccccc2)C1. The Morgan fingerprint density at radius 3 is 1.46 bits per heavy atom. The van der Waals surface area contributed by atoms with Crippen LogP contribution >= 0.6 is 0 Å². The van der Waals surface area contributed by atoms with Crippen molar-refractivity contribution >= 4 is 34.6 Å². The average Bonchev–Trinajstić information content (AvgIpc) is 2.65. The maximum Gasteiger partial charge on any atom is 0.0822 e. The summed E-state index contributed by atoms with van der Waals surface area (Å²) in [7, 11) is -5.08. The van der Waals surface area contributed by atoms with Crippen LogP contribution in [0.3, 0.4) is 0 Å². The molecule has 2 aromatic rings. The summed E-state index contributed by atoms with van der Waals surface area (Å²) in [6, 6.07) is 24.5. The zero-order valence-electron chi connectivity index (χ0n) is 19.2. The van der Waals surface area contributed by atoms with Gasteiger partial charge in [-0.25, -0.2) is 0 Å². The summed E-state index contributed by atoms with van der Waals surface area (Å²) in [6.07, 6.45) is 1.32. The van der Waals surface area contributed by atoms with E-state index >= 15 is 0 Å². The predicted octanol–water partition coefficient (Wildman–Crippen LogP) is 6.48. The third-order valence-electron chi connectivity index (χ3n) is 8.25. The minimum Gasteiger partial charge on any atom is -0.0771 e. The fourth-order valence-corrected chi connectivity index (χ4v) is 36.0. The van der Waals surface area contributed by atoms with Gasteiger partial charge < -0.3 is 0 Å². The van der Waals surface area contributed by atoms with E-state index in [2.05, 4.69) is 114 Å². The lowest BCUT2D eigenvalue weighted by Crippen LogP contribution is -2.76. The molecule has 0 radical (unpaired) electrons. The van der Waals surface area contributed by atoms with Crippen LogP contribution in [0.15, 0.2) is 71.8 Å². The molecule has 0 nitrogen and oxygen atoms in total. The van der Waals surface area contributed by atoms with Gasteiger partial charge in [-0.2, -0.15) is 0 Å². The molecule has 2 aromatic carbocycles. The highest BCUT2D eigenvalue weighted by atomic mass is 28.5. The first-order valence-corrected chi connectivity index (χ1v) is 19.9. The number of allylic oxidation sites excluding steroid dienone is 2. The van der Waals surface area contributed by atoms with Crippen LogP contribution in [0.1, 0.15) is 20.3 Å². The first-order valence-electron chi connectivity index (χ1n) is 10.7. The van der Waals surface area contributed by atoms with Crippen LogP contribution in [0.2, 0.25) is 49.6 Å². The van der Waals surface area contributed by atoms with Gasteiger partial charge in [0.05, 0.1) is 24.2 Å². The Morgan fingerprint density at radius 2 is 1.07 bits per heavy atom. The van der Waals surface area contributed by atoms with Crippen LogP contribution in [0.5, 0.6) is 0 Å². The number of benzene rings is 2. The van der Waals surface area contributed by atoms with E-state index in [0.29, 0.717) is 4.28 Å². The molecule has 0 aliphatic carbocycles. The lowest BCUT2D eigenvalue weighted by molar-refractivity contribution is 0.822. The van der Waals surface area contributed by atoms with Crippen molar-refractivity contribution in [3.8, 4) is 0 Å². The van der Waals surface area contributed by atoms with E-state index in [1.165, 1.54) is 12.5 Å². The first-order chi connectivity index (χ1) is 13.0. The van der Waals surface area contributed by atoms with Gasteiger partial charge in [0.25, 0.3) is 0 Å². The topological polar surface area (TPSA) is 0 Å². The highest BCUT2D eigenvalue weighted by molar-refractivity contribution is 7.22. The van der Waals surface area contributed by atoms with E-state index in [1.54, 1.807) is 21.5 Å². The van der Waals surface area contributed by atoms with Crippen LogP contribution in [0.4, 0.5) is 0 Å². The molecule has 3 heteroatoms. The van der Waals surface area contributed by atoms with Crippen LogP contribution in [-0.2, 0) is 0 Å². The van der Waals surface area contributed by atoms with Gasteiger partial charge in [-0.3, -0.25) is 0 Å². The standard InChI is InChI=1S/C25H38Si3/c1-21-19-25(26(3,4)20-22(21)2,27(5,6)23-15-11-9-12-16-23)28(7,8)24-17-13-10-14-18-24/h9-18H,19-20H2,1-8H3. The minimum atomic E-state index is -1.76. The molecule has 0 bridgehead atoms. The zero-order valence-corrected chi connectivity index (χ0v) is 22.2. The number of rotatable bonds is 4. The van der Waals surface area contributed by atoms with Crippen molar-refractivity contribution in [3.05, 3.63) is 71.8 Å². The van der Waals surface area contributed by atoms with E-state index in [0.717, 1.165) is 0 Å². The normalized spacial score (nSPS) is 19.6. The number of hydrogen-bond acceptors (Lipinski definition) is 0. The highest BCUT2D eigenvalue weighted by Gasteiger charge is 2.66. The molecule has 1 aliphatic heterocycles. The van der Waals surface area contributed by atoms with Gasteiger partial charge in [0.2, 0.25) is 0 Å². The second kappa shape index (κ2) is 7.26. The van der Waals surface area contributed by atoms with Crippen molar-refractivity contribution in [1.82, 2.24) is 0 Å². The lowest BCUT2D eigenvalue weighted by Gasteiger charge is -2.64. The maximum atomic E-state index is 2.72. The van der Waals surface area contributed by atoms with Crippen molar-refractivity contribution in [2.75, 3.05) is 0 Å². The maximum absolute atomic E-state index is 2.72. The van der Waals surface area contributed by atoms with Crippen molar-refractivity contribution in [2.45, 2.75) is 69.9 Å². The lowest BCUT2D eigenvalue weighted by atomic mass is 10.1. The van der Waals surface area contributed by atoms with Crippen LogP contribution < -0.4 is 10.4 Å². The highest BCUT2D eigenvalue weighted by Crippen LogP contribution is 2.61. The van der Waals surface area contributed by atoms with Crippen molar-refractivity contribution < 1.29 is 0 Å². The predicted molar refractivity (Wildman–Crippen MR) is 135 cm³/mol. The molecule has 0 saturated heterocycles. The monoisotopic (exact) mass is 422 g/mol. The largest absolute Gasteiger partial charge is 0.0822 e. The molecular formula is C25H38Si3. The van der Waals surface area contributed by atoms with Gasteiger partial charge in [-0.15, -0.1) is 0 Å². The van der Waals surface area contributed by atoms with Gasteiger partial charge in [0, 0.05) is 0 Å². The quantitative estimate of drug-likeness (QED) is 0.390. The molecule has 0 atom stereocenters. The van der Waals surface area contributed by atoms with Crippen molar-refractivity contribution in [3.63, 3.8) is 0 Å². The molecule has 0 unspecified atom stereocenters. The Bertz CT molecular complexity index is 810. The van der Waals surface area contributed by atoms with Crippen LogP contribution in [-0.4, -0.2) is 24.2 Å². The summed E-state index contributed by atoms with van der Waals surface area (Å²) < 4.78 is 0.485. The van der Waals surface area contributed by atoms with Gasteiger partial charge in [-0.1, -0.05) is 121 Å². The van der Waals surface area contributed by atoms with Crippen LogP contribution in [0, 0.1) is 0 Å². The molecule has 1 aliphatic rings. The Morgan fingerprint density at radius 1 is 0.679 bits per heavy atom. The van der Waals surface area contributed by atoms with Gasteiger partial charge in [0.15, 0.2) is 0 Å². The zero-order chi connectivity index (χ0) is 20.8. The molecule has 3 rings (SSSR count). The molecule has 0 fully saturated rings. The summed E-state index contributed by atoms with van der Waals surface area (Å²) in [6.45, 7) is 21.1. The van der Waals surface area contributed by atoms with E-state index in [9.17, 15) is 0 Å². The van der Waals surface area contributed by atoms with Crippen molar-refractivity contribution in [1.29, 1.82) is 0 Å². The number of hydrogen-bond donors (Lipinski definition) is 0. The van der Waals surface area contributed by atoms with E-state index < -0.39 is 24.2 Å². The second-order valence-electron chi connectivity index (χ2n) is 10.7. The Hall–Kier alpha value is -1.17. The first kappa shape index (κ1) is 21.5. The molecule has 0 spiro atoms. The Labute approximate surface area is 176 Å². The van der Waals surface area contributed by atoms with Gasteiger partial charge >= 0.3 is 0 Å². The van der Waals surface area contributed by atoms with Crippen LogP contribution in [0.25, 0.3) is 0 Å². The molecule has 28 heavy (non-hydrogen) atoms. The Balaban J connectivity index is 2.36. The molecule has 150 valence electrons. The van der Waals surface area contributed by atoms with Crippen molar-refractivity contribution in [2.24, 2.45) is 0 Å². The smallest absolute Gasteiger partial charge is 0.0771 e. The third-order valence-corrected chi connectivity index (χ3v) is 31.9. The average molecular weight is 423 g/mol. The molecule has 0 aromatic heterocycles. The summed E-state index contributed by atoms with van der Waals surface area (Å²) in [4.78, 5) is 0. The summed E-state index contributed by atoms with van der Waals surface area (Å²) in [5, 5.41) is 3.30. The molecule has 0 saturated carbocycles. The minimum absolute atomic E-state index is 0.485. The van der Waals surface area contributed by atoms with Gasteiger partial charge in [0.1, 0.15) is 0 Å². The second-order valence-corrected chi connectivity index (χ2v) is 26.5. The summed E-state index contributed by atoms with van der Waals surface area (Å²) in [5.41, 5.74) is 3.36. The molecular weight excluding hydrogens is 385 g/mol. The molecule has 0 amide bonds. The van der Waals surface area contributed by atoms with E-state index in [-0.39, 0.29) is 0 Å². The molecule has 1 heterocycles. The fourth-order valence-electron chi connectivity index (χ4n) is 6.87. The fraction of sp³-hybridized carbons (Fsp3) is 0.440. The Kier molecular flexibility index (Phi) is 5.59. The van der Waals surface area contributed by atoms with E-state index in [4.69, 9.17) is 0 Å². The third kappa shape index (κ3) is 3.06.